The molecule has 0 radical (unpaired) electrons. The van der Waals surface area contributed by atoms with Gasteiger partial charge in [-0.25, -0.2) is 9.78 Å². The average Bonchev–Trinajstić information content (AvgIpc) is 2.66. The summed E-state index contributed by atoms with van der Waals surface area (Å²) in [7, 11) is 1.41. The summed E-state index contributed by atoms with van der Waals surface area (Å²) in [5, 5.41) is 0.818. The highest BCUT2D eigenvalue weighted by atomic mass is 32.2. The van der Waals surface area contributed by atoms with Gasteiger partial charge in [-0.15, -0.1) is 18.3 Å². The molecule has 25 heavy (non-hydrogen) atoms. The third kappa shape index (κ3) is 3.44. The molecule has 0 aliphatic heterocycles. The van der Waals surface area contributed by atoms with Crippen LogP contribution in [0.3, 0.4) is 0 Å². The van der Waals surface area contributed by atoms with Crippen LogP contribution in [0.1, 0.15) is 15.9 Å². The number of benzene rings is 2. The van der Waals surface area contributed by atoms with E-state index in [4.69, 9.17) is 9.72 Å². The van der Waals surface area contributed by atoms with Crippen LogP contribution in [-0.2, 0) is 4.74 Å². The van der Waals surface area contributed by atoms with Gasteiger partial charge < -0.3 is 4.74 Å². The van der Waals surface area contributed by atoms with Gasteiger partial charge in [0.2, 0.25) is 0 Å². The van der Waals surface area contributed by atoms with Crippen molar-refractivity contribution in [2.75, 3.05) is 12.9 Å². The lowest BCUT2D eigenvalue weighted by atomic mass is 9.98. The van der Waals surface area contributed by atoms with Crippen molar-refractivity contribution in [3.8, 4) is 11.3 Å². The van der Waals surface area contributed by atoms with Crippen LogP contribution in [0, 0.1) is 6.92 Å². The predicted octanol–water partition coefficient (Wildman–Crippen LogP) is 5.27. The molecular formula is C21H19NO2S. The van der Waals surface area contributed by atoms with Gasteiger partial charge in [0.15, 0.2) is 0 Å². The van der Waals surface area contributed by atoms with Crippen molar-refractivity contribution in [1.29, 1.82) is 0 Å². The molecule has 0 saturated carbocycles. The molecule has 0 N–H and O–H groups in total. The largest absolute Gasteiger partial charge is 0.465 e. The van der Waals surface area contributed by atoms with Crippen LogP contribution in [0.25, 0.3) is 22.2 Å². The van der Waals surface area contributed by atoms with Gasteiger partial charge in [0.05, 0.1) is 23.9 Å². The number of ether oxygens (including phenoxy) is 1. The molecule has 0 fully saturated rings. The number of thioether (sulfide) groups is 1. The summed E-state index contributed by atoms with van der Waals surface area (Å²) in [6, 6.07) is 15.9. The first-order valence-electron chi connectivity index (χ1n) is 7.97. The second-order valence-electron chi connectivity index (χ2n) is 5.60. The molecule has 0 aliphatic carbocycles. The number of rotatable bonds is 5. The number of hydrogen-bond acceptors (Lipinski definition) is 4. The Morgan fingerprint density at radius 1 is 1.24 bits per heavy atom. The summed E-state index contributed by atoms with van der Waals surface area (Å²) in [5.74, 6) is 0.473. The molecular weight excluding hydrogens is 330 g/mol. The molecule has 3 aromatic rings. The Morgan fingerprint density at radius 3 is 2.68 bits per heavy atom. The van der Waals surface area contributed by atoms with Gasteiger partial charge in [0.1, 0.15) is 0 Å². The van der Waals surface area contributed by atoms with Crippen molar-refractivity contribution < 1.29 is 9.53 Å². The number of aromatic nitrogens is 1. The van der Waals surface area contributed by atoms with E-state index in [0.717, 1.165) is 38.4 Å². The minimum atomic E-state index is -0.340. The number of methoxy groups -OCH3 is 1. The van der Waals surface area contributed by atoms with E-state index >= 15 is 0 Å². The Bertz CT molecular complexity index is 936. The van der Waals surface area contributed by atoms with Crippen LogP contribution >= 0.6 is 11.8 Å². The van der Waals surface area contributed by atoms with Crippen molar-refractivity contribution in [2.24, 2.45) is 0 Å². The van der Waals surface area contributed by atoms with E-state index in [2.05, 4.69) is 6.58 Å². The zero-order valence-electron chi connectivity index (χ0n) is 14.3. The van der Waals surface area contributed by atoms with Gasteiger partial charge in [0.25, 0.3) is 0 Å². The summed E-state index contributed by atoms with van der Waals surface area (Å²) in [5.41, 5.74) is 3.98. The van der Waals surface area contributed by atoms with Crippen LogP contribution in [0.2, 0.25) is 0 Å². The number of nitrogens with zero attached hydrogens (tertiary/aromatic N) is 1. The molecule has 3 nitrogen and oxygen atoms in total. The Hall–Kier alpha value is -2.59. The molecule has 0 spiro atoms. The van der Waals surface area contributed by atoms with Crippen LogP contribution in [0.5, 0.6) is 0 Å². The molecule has 0 saturated heterocycles. The lowest BCUT2D eigenvalue weighted by Crippen LogP contribution is -2.07. The van der Waals surface area contributed by atoms with Crippen LogP contribution in [-0.4, -0.2) is 23.8 Å². The third-order valence-corrected chi connectivity index (χ3v) is 4.99. The second kappa shape index (κ2) is 7.53. The average molecular weight is 349 g/mol. The molecule has 126 valence electrons. The van der Waals surface area contributed by atoms with Gasteiger partial charge >= 0.3 is 5.97 Å². The minimum absolute atomic E-state index is 0.340. The number of fused-ring (bicyclic) bond motifs is 1. The lowest BCUT2D eigenvalue weighted by molar-refractivity contribution is 0.0602. The summed E-state index contributed by atoms with van der Waals surface area (Å²) < 4.78 is 5.05. The highest BCUT2D eigenvalue weighted by molar-refractivity contribution is 7.99. The molecule has 0 atom stereocenters. The molecule has 0 unspecified atom stereocenters. The van der Waals surface area contributed by atoms with Crippen molar-refractivity contribution in [2.45, 2.75) is 11.8 Å². The first kappa shape index (κ1) is 17.2. The second-order valence-corrected chi connectivity index (χ2v) is 6.69. The molecule has 0 amide bonds. The quantitative estimate of drug-likeness (QED) is 0.357. The smallest absolute Gasteiger partial charge is 0.338 e. The van der Waals surface area contributed by atoms with Gasteiger partial charge in [-0.05, 0) is 30.7 Å². The monoisotopic (exact) mass is 349 g/mol. The maximum absolute atomic E-state index is 12.5. The van der Waals surface area contributed by atoms with E-state index in [9.17, 15) is 4.79 Å². The fraction of sp³-hybridized carbons (Fsp3) is 0.143. The number of carbonyl (C=O) groups is 1. The number of carbonyl (C=O) groups excluding carboxylic acids is 1. The van der Waals surface area contributed by atoms with Crippen LogP contribution in [0.15, 0.2) is 66.1 Å². The fourth-order valence-electron chi connectivity index (χ4n) is 2.82. The van der Waals surface area contributed by atoms with Gasteiger partial charge in [0, 0.05) is 21.6 Å². The van der Waals surface area contributed by atoms with Crippen molar-refractivity contribution in [1.82, 2.24) is 4.98 Å². The van der Waals surface area contributed by atoms with Crippen molar-refractivity contribution in [3.63, 3.8) is 0 Å². The maximum atomic E-state index is 12.5. The highest BCUT2D eigenvalue weighted by Crippen LogP contribution is 2.32. The number of hydrogen-bond donors (Lipinski definition) is 0. The molecule has 1 heterocycles. The van der Waals surface area contributed by atoms with Crippen LogP contribution in [0.4, 0.5) is 0 Å². The normalized spacial score (nSPS) is 10.6. The Labute approximate surface area is 151 Å². The van der Waals surface area contributed by atoms with E-state index in [1.165, 1.54) is 7.11 Å². The van der Waals surface area contributed by atoms with E-state index in [0.29, 0.717) is 5.56 Å². The predicted molar refractivity (Wildman–Crippen MR) is 104 cm³/mol. The lowest BCUT2D eigenvalue weighted by Gasteiger charge is -2.14. The maximum Gasteiger partial charge on any atom is 0.338 e. The SMILES string of the molecule is C=CCSc1ccc2nc(-c3ccccc3)c(C)c(C(=O)OC)c2c1. The van der Waals surface area contributed by atoms with Gasteiger partial charge in [-0.1, -0.05) is 36.4 Å². The van der Waals surface area contributed by atoms with Gasteiger partial charge in [-0.2, -0.15) is 0 Å². The summed E-state index contributed by atoms with van der Waals surface area (Å²) >= 11 is 1.67. The van der Waals surface area contributed by atoms with Gasteiger partial charge in [-0.3, -0.25) is 0 Å². The van der Waals surface area contributed by atoms with E-state index in [1.807, 2.05) is 61.5 Å². The fourth-order valence-corrected chi connectivity index (χ4v) is 3.50. The number of esters is 1. The Balaban J connectivity index is 2.27. The zero-order valence-corrected chi connectivity index (χ0v) is 15.1. The van der Waals surface area contributed by atoms with Crippen molar-refractivity contribution in [3.05, 3.63) is 72.3 Å². The Kier molecular flexibility index (Phi) is 5.19. The summed E-state index contributed by atoms with van der Waals surface area (Å²) in [6.45, 7) is 5.67. The third-order valence-electron chi connectivity index (χ3n) is 4.00. The summed E-state index contributed by atoms with van der Waals surface area (Å²) in [4.78, 5) is 18.4. The Morgan fingerprint density at radius 2 is 2.00 bits per heavy atom. The summed E-state index contributed by atoms with van der Waals surface area (Å²) in [6.07, 6.45) is 1.86. The minimum Gasteiger partial charge on any atom is -0.465 e. The zero-order chi connectivity index (χ0) is 17.8. The first-order valence-corrected chi connectivity index (χ1v) is 8.96. The van der Waals surface area contributed by atoms with E-state index < -0.39 is 0 Å². The standard InChI is InChI=1S/C21H19NO2S/c1-4-12-25-16-10-11-18-17(13-16)19(21(23)24-3)14(2)20(22-18)15-8-6-5-7-9-15/h4-11,13H,1,12H2,2-3H3. The molecule has 0 bridgehead atoms. The van der Waals surface area contributed by atoms with Crippen molar-refractivity contribution >= 4 is 28.6 Å². The first-order chi connectivity index (χ1) is 12.2. The molecule has 0 aliphatic rings. The van der Waals surface area contributed by atoms with E-state index in [-0.39, 0.29) is 5.97 Å². The molecule has 2 aromatic carbocycles. The molecule has 1 aromatic heterocycles. The highest BCUT2D eigenvalue weighted by Gasteiger charge is 2.19. The van der Waals surface area contributed by atoms with E-state index in [1.54, 1.807) is 11.8 Å². The molecule has 3 rings (SSSR count). The number of pyridine rings is 1. The van der Waals surface area contributed by atoms with Crippen LogP contribution < -0.4 is 0 Å². The molecule has 4 heteroatoms. The topological polar surface area (TPSA) is 39.2 Å².